The smallest absolute Gasteiger partial charge is 0.113 e. The number of aromatic nitrogens is 1. The van der Waals surface area contributed by atoms with Gasteiger partial charge in [0.05, 0.1) is 0 Å². The van der Waals surface area contributed by atoms with Gasteiger partial charge in [0.2, 0.25) is 0 Å². The monoisotopic (exact) mass is 263 g/mol. The molecule has 0 saturated heterocycles. The fourth-order valence-corrected chi connectivity index (χ4v) is 2.27. The average molecular weight is 264 g/mol. The van der Waals surface area contributed by atoms with Gasteiger partial charge in [0, 0.05) is 11.6 Å². The molecule has 1 aromatic carbocycles. The summed E-state index contributed by atoms with van der Waals surface area (Å²) in [6, 6.07) is 8.64. The van der Waals surface area contributed by atoms with Gasteiger partial charge in [0.25, 0.3) is 0 Å². The second-order valence-corrected chi connectivity index (χ2v) is 5.01. The molecule has 1 aromatic heterocycles. The maximum absolute atomic E-state index is 4.21. The van der Waals surface area contributed by atoms with Crippen LogP contribution in [-0.4, -0.2) is 4.98 Å². The maximum Gasteiger partial charge on any atom is 0.113 e. The van der Waals surface area contributed by atoms with Crippen molar-refractivity contribution in [2.45, 2.75) is 20.3 Å². The number of pyridine rings is 1. The molecule has 0 unspecified atom stereocenters. The van der Waals surface area contributed by atoms with Crippen molar-refractivity contribution < 1.29 is 0 Å². The van der Waals surface area contributed by atoms with Crippen LogP contribution in [0.25, 0.3) is 10.8 Å². The van der Waals surface area contributed by atoms with Gasteiger partial charge >= 0.3 is 0 Å². The lowest BCUT2D eigenvalue weighted by atomic mass is 10.0. The van der Waals surface area contributed by atoms with E-state index in [0.29, 0.717) is 5.92 Å². The fraction of sp³-hybridized carbons (Fsp3) is 0.308. The Hall–Kier alpha value is -0.890. The van der Waals surface area contributed by atoms with Gasteiger partial charge in [-0.15, -0.1) is 0 Å². The molecule has 78 valence electrons. The van der Waals surface area contributed by atoms with Crippen LogP contribution in [0.3, 0.4) is 0 Å². The van der Waals surface area contributed by atoms with Crippen molar-refractivity contribution in [1.82, 2.24) is 4.98 Å². The highest BCUT2D eigenvalue weighted by Gasteiger charge is 2.02. The average Bonchev–Trinajstić information content (AvgIpc) is 2.17. The number of rotatable bonds is 2. The lowest BCUT2D eigenvalue weighted by Crippen LogP contribution is -1.93. The minimum Gasteiger partial charge on any atom is -0.249 e. The van der Waals surface area contributed by atoms with Crippen molar-refractivity contribution in [3.63, 3.8) is 0 Å². The van der Waals surface area contributed by atoms with Gasteiger partial charge in [-0.25, -0.2) is 4.98 Å². The molecule has 0 N–H and O–H groups in total. The van der Waals surface area contributed by atoms with Crippen molar-refractivity contribution in [3.8, 4) is 0 Å². The first kappa shape index (κ1) is 10.6. The molecular weight excluding hydrogens is 250 g/mol. The summed E-state index contributed by atoms with van der Waals surface area (Å²) < 4.78 is 0.927. The second kappa shape index (κ2) is 4.31. The summed E-state index contributed by atoms with van der Waals surface area (Å²) in [7, 11) is 0. The number of hydrogen-bond donors (Lipinski definition) is 0. The van der Waals surface area contributed by atoms with E-state index in [9.17, 15) is 0 Å². The van der Waals surface area contributed by atoms with Crippen molar-refractivity contribution >= 4 is 26.7 Å². The molecule has 2 aromatic rings. The topological polar surface area (TPSA) is 12.9 Å². The highest BCUT2D eigenvalue weighted by molar-refractivity contribution is 9.10. The molecule has 0 aliphatic heterocycles. The zero-order valence-corrected chi connectivity index (χ0v) is 10.6. The first-order valence-corrected chi connectivity index (χ1v) is 5.99. The third-order valence-corrected chi connectivity index (χ3v) is 3.06. The van der Waals surface area contributed by atoms with Crippen LogP contribution in [-0.2, 0) is 6.42 Å². The van der Waals surface area contributed by atoms with E-state index in [-0.39, 0.29) is 0 Å². The van der Waals surface area contributed by atoms with Crippen molar-refractivity contribution in [1.29, 1.82) is 0 Å². The molecule has 1 heterocycles. The number of hydrogen-bond acceptors (Lipinski definition) is 1. The first-order chi connectivity index (χ1) is 7.16. The predicted octanol–water partition coefficient (Wildman–Crippen LogP) is 4.20. The molecule has 0 radical (unpaired) electrons. The molecule has 0 fully saturated rings. The van der Waals surface area contributed by atoms with Crippen LogP contribution in [0.4, 0.5) is 0 Å². The summed E-state index contributed by atoms with van der Waals surface area (Å²) in [5.41, 5.74) is 1.40. The molecule has 0 aliphatic carbocycles. The molecular formula is C13H14BrN. The van der Waals surface area contributed by atoms with Crippen LogP contribution in [0, 0.1) is 5.92 Å². The Morgan fingerprint density at radius 2 is 2.07 bits per heavy atom. The normalized spacial score (nSPS) is 11.2. The van der Waals surface area contributed by atoms with Crippen molar-refractivity contribution in [2.75, 3.05) is 0 Å². The van der Waals surface area contributed by atoms with Crippen LogP contribution in [0.5, 0.6) is 0 Å². The molecule has 2 rings (SSSR count). The van der Waals surface area contributed by atoms with Crippen LogP contribution in [0.2, 0.25) is 0 Å². The van der Waals surface area contributed by atoms with Gasteiger partial charge in [0.1, 0.15) is 4.60 Å². The Bertz CT molecular complexity index is 477. The van der Waals surface area contributed by atoms with E-state index >= 15 is 0 Å². The summed E-state index contributed by atoms with van der Waals surface area (Å²) >= 11 is 3.46. The summed E-state index contributed by atoms with van der Waals surface area (Å²) in [5.74, 6) is 0.702. The summed E-state index contributed by atoms with van der Waals surface area (Å²) in [4.78, 5) is 4.21. The van der Waals surface area contributed by atoms with E-state index < -0.39 is 0 Å². The second-order valence-electron chi connectivity index (χ2n) is 4.26. The first-order valence-electron chi connectivity index (χ1n) is 5.20. The molecule has 0 bridgehead atoms. The molecule has 0 amide bonds. The number of halogens is 1. The third-order valence-electron chi connectivity index (χ3n) is 2.42. The molecule has 15 heavy (non-hydrogen) atoms. The van der Waals surface area contributed by atoms with E-state index in [0.717, 1.165) is 11.0 Å². The molecule has 2 heteroatoms. The Kier molecular flexibility index (Phi) is 3.06. The zero-order chi connectivity index (χ0) is 10.8. The van der Waals surface area contributed by atoms with Gasteiger partial charge in [-0.1, -0.05) is 32.0 Å². The van der Waals surface area contributed by atoms with Crippen molar-refractivity contribution in [2.24, 2.45) is 5.92 Å². The Morgan fingerprint density at radius 1 is 1.27 bits per heavy atom. The van der Waals surface area contributed by atoms with Crippen LogP contribution >= 0.6 is 15.9 Å². The van der Waals surface area contributed by atoms with E-state index in [1.165, 1.54) is 16.3 Å². The summed E-state index contributed by atoms with van der Waals surface area (Å²) in [5, 5.41) is 2.44. The van der Waals surface area contributed by atoms with Gasteiger partial charge in [-0.2, -0.15) is 0 Å². The number of nitrogens with zero attached hydrogens (tertiary/aromatic N) is 1. The Balaban J connectivity index is 2.48. The quantitative estimate of drug-likeness (QED) is 0.741. The number of fused-ring (bicyclic) bond motifs is 1. The molecule has 1 nitrogen and oxygen atoms in total. The Morgan fingerprint density at radius 3 is 2.80 bits per heavy atom. The van der Waals surface area contributed by atoms with Crippen LogP contribution in [0.1, 0.15) is 19.4 Å². The Labute approximate surface area is 98.7 Å². The summed E-state index contributed by atoms with van der Waals surface area (Å²) in [6.45, 7) is 4.49. The molecule has 0 spiro atoms. The minimum absolute atomic E-state index is 0.702. The molecule has 0 aliphatic rings. The van der Waals surface area contributed by atoms with E-state index in [1.54, 1.807) is 0 Å². The highest BCUT2D eigenvalue weighted by Crippen LogP contribution is 2.23. The van der Waals surface area contributed by atoms with Gasteiger partial charge < -0.3 is 0 Å². The van der Waals surface area contributed by atoms with Crippen LogP contribution < -0.4 is 0 Å². The van der Waals surface area contributed by atoms with E-state index in [1.807, 2.05) is 6.20 Å². The van der Waals surface area contributed by atoms with Crippen LogP contribution in [0.15, 0.2) is 35.1 Å². The van der Waals surface area contributed by atoms with E-state index in [4.69, 9.17) is 0 Å². The maximum atomic E-state index is 4.21. The predicted molar refractivity (Wildman–Crippen MR) is 68.0 cm³/mol. The lowest BCUT2D eigenvalue weighted by molar-refractivity contribution is 0.648. The zero-order valence-electron chi connectivity index (χ0n) is 9.00. The van der Waals surface area contributed by atoms with Gasteiger partial charge in [-0.3, -0.25) is 0 Å². The fourth-order valence-electron chi connectivity index (χ4n) is 1.79. The standard InChI is InChI=1S/C13H14BrN/c1-9(2)7-10-3-4-12-11(8-10)5-6-15-13(12)14/h3-6,8-9H,7H2,1-2H3. The number of benzene rings is 1. The van der Waals surface area contributed by atoms with E-state index in [2.05, 4.69) is 59.0 Å². The third kappa shape index (κ3) is 2.37. The summed E-state index contributed by atoms with van der Waals surface area (Å²) in [6.07, 6.45) is 2.97. The van der Waals surface area contributed by atoms with Gasteiger partial charge in [0.15, 0.2) is 0 Å². The lowest BCUT2D eigenvalue weighted by Gasteiger charge is -2.06. The largest absolute Gasteiger partial charge is 0.249 e. The highest BCUT2D eigenvalue weighted by atomic mass is 79.9. The van der Waals surface area contributed by atoms with Gasteiger partial charge in [-0.05, 0) is 45.3 Å². The van der Waals surface area contributed by atoms with Crippen molar-refractivity contribution in [3.05, 3.63) is 40.6 Å². The molecule has 0 saturated carbocycles. The molecule has 0 atom stereocenters. The SMILES string of the molecule is CC(C)Cc1ccc2c(Br)nccc2c1. The minimum atomic E-state index is 0.702.